The largest absolute Gasteiger partial charge is 0.481 e. The molecule has 0 bridgehead atoms. The highest BCUT2D eigenvalue weighted by molar-refractivity contribution is 5.91. The van der Waals surface area contributed by atoms with Crippen LogP contribution in [0.2, 0.25) is 0 Å². The SMILES string of the molecule is O=C(NC1(C(=O)NC[C@H]2[C@@H](C(=O)O)C2(F)F)CCN(Cc2ccccc2)C1)OCC1c2ccccc2-c2ccccc21. The van der Waals surface area contributed by atoms with E-state index in [9.17, 15) is 23.2 Å². The van der Waals surface area contributed by atoms with E-state index in [1.165, 1.54) is 0 Å². The van der Waals surface area contributed by atoms with Crippen molar-refractivity contribution in [1.82, 2.24) is 15.5 Å². The lowest BCUT2D eigenvalue weighted by Crippen LogP contribution is -2.60. The van der Waals surface area contributed by atoms with Crippen LogP contribution >= 0.6 is 0 Å². The van der Waals surface area contributed by atoms with E-state index < -0.39 is 47.8 Å². The zero-order valence-electron chi connectivity index (χ0n) is 22.8. The van der Waals surface area contributed by atoms with Crippen molar-refractivity contribution in [2.24, 2.45) is 11.8 Å². The van der Waals surface area contributed by atoms with Gasteiger partial charge in [-0.25, -0.2) is 13.6 Å². The molecule has 3 aromatic rings. The number of carboxylic acid groups (broad SMARTS) is 1. The predicted molar refractivity (Wildman–Crippen MR) is 150 cm³/mol. The van der Waals surface area contributed by atoms with Gasteiger partial charge >= 0.3 is 12.1 Å². The summed E-state index contributed by atoms with van der Waals surface area (Å²) in [5.41, 5.74) is 3.86. The molecule has 3 aromatic carbocycles. The number of alkyl carbamates (subject to hydrolysis) is 1. The lowest BCUT2D eigenvalue weighted by atomic mass is 9.97. The highest BCUT2D eigenvalue weighted by Crippen LogP contribution is 2.55. The number of fused-ring (bicyclic) bond motifs is 3. The second-order valence-corrected chi connectivity index (χ2v) is 11.3. The van der Waals surface area contributed by atoms with Gasteiger partial charge in [-0.1, -0.05) is 78.9 Å². The van der Waals surface area contributed by atoms with Crippen molar-refractivity contribution < 1.29 is 33.0 Å². The number of hydrogen-bond donors (Lipinski definition) is 3. The summed E-state index contributed by atoms with van der Waals surface area (Å²) in [5, 5.41) is 14.3. The molecule has 1 heterocycles. The van der Waals surface area contributed by atoms with E-state index in [1.807, 2.05) is 83.8 Å². The fourth-order valence-corrected chi connectivity index (χ4v) is 6.39. The van der Waals surface area contributed by atoms with Crippen LogP contribution in [0.3, 0.4) is 0 Å². The molecule has 1 unspecified atom stereocenters. The normalized spacial score (nSPS) is 24.0. The Labute approximate surface area is 241 Å². The standard InChI is InChI=1S/C32H31F2N3O5/c33-32(34)26(27(32)28(38)39)16-35-29(40)31(14-15-37(19-31)17-20-8-2-1-3-9-20)36-30(41)42-18-25-23-12-6-4-10-21(23)22-11-5-7-13-24(22)25/h1-13,25-27H,14-19H2,(H,35,40)(H,36,41)(H,38,39)/t26-,27-,31?/m0/s1. The number of benzene rings is 3. The maximum absolute atomic E-state index is 14.0. The molecule has 1 saturated carbocycles. The Balaban J connectivity index is 1.15. The molecule has 2 fully saturated rings. The molecular formula is C32H31F2N3O5. The molecule has 3 N–H and O–H groups in total. The second kappa shape index (κ2) is 10.8. The summed E-state index contributed by atoms with van der Waals surface area (Å²) in [4.78, 5) is 39.9. The van der Waals surface area contributed by atoms with Gasteiger partial charge in [-0.2, -0.15) is 0 Å². The minimum absolute atomic E-state index is 0.0554. The Hall–Kier alpha value is -4.31. The van der Waals surface area contributed by atoms with Gasteiger partial charge in [-0.15, -0.1) is 0 Å². The molecule has 42 heavy (non-hydrogen) atoms. The van der Waals surface area contributed by atoms with Crippen molar-refractivity contribution in [2.75, 3.05) is 26.2 Å². The van der Waals surface area contributed by atoms with Crippen LogP contribution < -0.4 is 10.6 Å². The molecule has 3 atom stereocenters. The summed E-state index contributed by atoms with van der Waals surface area (Å²) in [6.07, 6.45) is -0.548. The van der Waals surface area contributed by atoms with Crippen LogP contribution in [0.15, 0.2) is 78.9 Å². The fourth-order valence-electron chi connectivity index (χ4n) is 6.39. The third-order valence-electron chi connectivity index (χ3n) is 8.67. The Bertz CT molecular complexity index is 1470. The van der Waals surface area contributed by atoms with Gasteiger partial charge in [0.1, 0.15) is 18.1 Å². The average Bonchev–Trinajstić information content (AvgIpc) is 3.22. The summed E-state index contributed by atoms with van der Waals surface area (Å²) in [6.45, 7) is 0.699. The van der Waals surface area contributed by atoms with Crippen molar-refractivity contribution in [1.29, 1.82) is 0 Å². The van der Waals surface area contributed by atoms with Gasteiger partial charge in [0.05, 0.1) is 5.92 Å². The van der Waals surface area contributed by atoms with Gasteiger partial charge in [0, 0.05) is 32.1 Å². The van der Waals surface area contributed by atoms with E-state index in [-0.39, 0.29) is 25.5 Å². The molecule has 10 heteroatoms. The van der Waals surface area contributed by atoms with E-state index in [0.717, 1.165) is 27.8 Å². The topological polar surface area (TPSA) is 108 Å². The van der Waals surface area contributed by atoms with Gasteiger partial charge in [0.2, 0.25) is 5.91 Å². The van der Waals surface area contributed by atoms with Gasteiger partial charge in [-0.05, 0) is 34.2 Å². The predicted octanol–water partition coefficient (Wildman–Crippen LogP) is 4.25. The molecule has 1 saturated heterocycles. The first-order chi connectivity index (χ1) is 20.2. The van der Waals surface area contributed by atoms with E-state index in [4.69, 9.17) is 9.84 Å². The van der Waals surface area contributed by atoms with Crippen LogP contribution in [0.5, 0.6) is 0 Å². The molecule has 3 aliphatic rings. The number of amides is 2. The minimum Gasteiger partial charge on any atom is -0.481 e. The molecule has 2 aliphatic carbocycles. The van der Waals surface area contributed by atoms with Crippen molar-refractivity contribution >= 4 is 18.0 Å². The number of nitrogens with zero attached hydrogens (tertiary/aromatic N) is 1. The fraction of sp³-hybridized carbons (Fsp3) is 0.344. The van der Waals surface area contributed by atoms with E-state index in [0.29, 0.717) is 13.1 Å². The highest BCUT2D eigenvalue weighted by Gasteiger charge is 2.72. The number of carboxylic acids is 1. The summed E-state index contributed by atoms with van der Waals surface area (Å²) < 4.78 is 33.7. The number of rotatable bonds is 9. The van der Waals surface area contributed by atoms with Gasteiger partial charge in [0.25, 0.3) is 5.92 Å². The Kier molecular flexibility index (Phi) is 7.18. The van der Waals surface area contributed by atoms with E-state index in [1.54, 1.807) is 0 Å². The average molecular weight is 576 g/mol. The molecule has 6 rings (SSSR count). The number of halogens is 2. The number of aliphatic carboxylic acids is 1. The summed E-state index contributed by atoms with van der Waals surface area (Å²) in [7, 11) is 0. The Morgan fingerprint density at radius 3 is 2.17 bits per heavy atom. The molecule has 0 aromatic heterocycles. The molecule has 0 radical (unpaired) electrons. The van der Waals surface area contributed by atoms with Crippen LogP contribution in [-0.4, -0.2) is 65.7 Å². The van der Waals surface area contributed by atoms with Crippen molar-refractivity contribution in [3.63, 3.8) is 0 Å². The third-order valence-corrected chi connectivity index (χ3v) is 8.67. The number of likely N-dealkylation sites (tertiary alicyclic amines) is 1. The van der Waals surface area contributed by atoms with Gasteiger partial charge in [0.15, 0.2) is 0 Å². The van der Waals surface area contributed by atoms with E-state index in [2.05, 4.69) is 10.6 Å². The molecular weight excluding hydrogens is 544 g/mol. The minimum atomic E-state index is -3.39. The molecule has 1 aliphatic heterocycles. The smallest absolute Gasteiger partial charge is 0.408 e. The maximum Gasteiger partial charge on any atom is 0.408 e. The van der Waals surface area contributed by atoms with Crippen molar-refractivity contribution in [2.45, 2.75) is 30.3 Å². The number of carbonyl (C=O) groups excluding carboxylic acids is 2. The lowest BCUT2D eigenvalue weighted by Gasteiger charge is -2.29. The third kappa shape index (κ3) is 5.11. The number of carbonyl (C=O) groups is 3. The monoisotopic (exact) mass is 575 g/mol. The molecule has 218 valence electrons. The number of nitrogens with one attached hydrogen (secondary N) is 2. The first-order valence-electron chi connectivity index (χ1n) is 14.0. The second-order valence-electron chi connectivity index (χ2n) is 11.3. The number of ether oxygens (including phenoxy) is 1. The molecule has 8 nitrogen and oxygen atoms in total. The van der Waals surface area contributed by atoms with Gasteiger partial charge in [-0.3, -0.25) is 14.5 Å². The molecule has 0 spiro atoms. The summed E-state index contributed by atoms with van der Waals surface area (Å²) in [6, 6.07) is 25.5. The maximum atomic E-state index is 14.0. The zero-order chi connectivity index (χ0) is 29.5. The first-order valence-corrected chi connectivity index (χ1v) is 14.0. The zero-order valence-corrected chi connectivity index (χ0v) is 22.8. The van der Waals surface area contributed by atoms with Gasteiger partial charge < -0.3 is 20.5 Å². The Morgan fingerprint density at radius 1 is 0.929 bits per heavy atom. The van der Waals surface area contributed by atoms with Crippen LogP contribution in [-0.2, 0) is 20.9 Å². The van der Waals surface area contributed by atoms with Crippen molar-refractivity contribution in [3.8, 4) is 11.1 Å². The van der Waals surface area contributed by atoms with Crippen molar-refractivity contribution in [3.05, 3.63) is 95.6 Å². The summed E-state index contributed by atoms with van der Waals surface area (Å²) in [5.74, 6) is -9.12. The van der Waals surface area contributed by atoms with Crippen LogP contribution in [0.1, 0.15) is 29.0 Å². The van der Waals surface area contributed by atoms with E-state index >= 15 is 0 Å². The highest BCUT2D eigenvalue weighted by atomic mass is 19.3. The quantitative estimate of drug-likeness (QED) is 0.352. The lowest BCUT2D eigenvalue weighted by molar-refractivity contribution is -0.141. The summed E-state index contributed by atoms with van der Waals surface area (Å²) >= 11 is 0. The molecule has 2 amide bonds. The Morgan fingerprint density at radius 2 is 1.55 bits per heavy atom. The number of alkyl halides is 2. The van der Waals surface area contributed by atoms with Crippen LogP contribution in [0.4, 0.5) is 13.6 Å². The first kappa shape index (κ1) is 27.8. The number of hydrogen-bond acceptors (Lipinski definition) is 5. The van der Waals surface area contributed by atoms with Crippen LogP contribution in [0, 0.1) is 11.8 Å². The van der Waals surface area contributed by atoms with Crippen LogP contribution in [0.25, 0.3) is 11.1 Å².